The normalized spacial score (nSPS) is 22.9. The SMILES string of the molecule is O=C1N[C@@](O)(c2cccs2)c2ccccc21. The number of fused-ring (bicyclic) bond motifs is 1. The number of nitrogens with one attached hydrogen (secondary N) is 1. The van der Waals surface area contributed by atoms with Crippen molar-refractivity contribution in [3.63, 3.8) is 0 Å². The van der Waals surface area contributed by atoms with Gasteiger partial charge in [0.05, 0.1) is 4.88 Å². The summed E-state index contributed by atoms with van der Waals surface area (Å²) in [4.78, 5) is 12.4. The number of carbonyl (C=O) groups is 1. The van der Waals surface area contributed by atoms with Crippen LogP contribution in [0.2, 0.25) is 0 Å². The molecule has 80 valence electrons. The van der Waals surface area contributed by atoms with Gasteiger partial charge in [-0.25, -0.2) is 0 Å². The van der Waals surface area contributed by atoms with Gasteiger partial charge in [-0.2, -0.15) is 0 Å². The van der Waals surface area contributed by atoms with E-state index >= 15 is 0 Å². The molecule has 0 fully saturated rings. The number of rotatable bonds is 1. The molecule has 0 unspecified atom stereocenters. The first-order valence-corrected chi connectivity index (χ1v) is 5.78. The lowest BCUT2D eigenvalue weighted by molar-refractivity contribution is 0.0502. The zero-order chi connectivity index (χ0) is 11.2. The Balaban J connectivity index is 2.23. The van der Waals surface area contributed by atoms with Crippen LogP contribution in [-0.2, 0) is 5.72 Å². The zero-order valence-electron chi connectivity index (χ0n) is 8.31. The van der Waals surface area contributed by atoms with Crippen LogP contribution in [0.15, 0.2) is 41.8 Å². The standard InChI is InChI=1S/C12H9NO2S/c14-11-8-4-1-2-5-9(8)12(15,13-11)10-6-3-7-16-10/h1-7,15H,(H,13,14)/t12-/m0/s1. The Labute approximate surface area is 96.4 Å². The second-order valence-electron chi connectivity index (χ2n) is 3.69. The van der Waals surface area contributed by atoms with Crippen molar-refractivity contribution in [3.8, 4) is 0 Å². The Hall–Kier alpha value is -1.65. The summed E-state index contributed by atoms with van der Waals surface area (Å²) in [6.45, 7) is 0. The third kappa shape index (κ3) is 1.14. The van der Waals surface area contributed by atoms with E-state index in [1.54, 1.807) is 18.2 Å². The van der Waals surface area contributed by atoms with Crippen LogP contribution in [0.25, 0.3) is 0 Å². The van der Waals surface area contributed by atoms with Gasteiger partial charge in [0.1, 0.15) is 0 Å². The third-order valence-corrected chi connectivity index (χ3v) is 3.71. The predicted molar refractivity (Wildman–Crippen MR) is 61.2 cm³/mol. The molecule has 1 aromatic carbocycles. The fourth-order valence-electron chi connectivity index (χ4n) is 1.97. The molecule has 1 aliphatic heterocycles. The van der Waals surface area contributed by atoms with Crippen LogP contribution in [0.1, 0.15) is 20.8 Å². The summed E-state index contributed by atoms with van der Waals surface area (Å²) in [5, 5.41) is 15.1. The minimum atomic E-state index is -1.36. The molecule has 4 heteroatoms. The van der Waals surface area contributed by atoms with Gasteiger partial charge >= 0.3 is 0 Å². The number of carbonyl (C=O) groups excluding carboxylic acids is 1. The highest BCUT2D eigenvalue weighted by Crippen LogP contribution is 2.36. The highest BCUT2D eigenvalue weighted by molar-refractivity contribution is 7.10. The van der Waals surface area contributed by atoms with Crippen LogP contribution in [0, 0.1) is 0 Å². The summed E-state index contributed by atoms with van der Waals surface area (Å²) in [5.41, 5.74) is -0.192. The molecule has 3 rings (SSSR count). The largest absolute Gasteiger partial charge is 0.363 e. The maximum absolute atomic E-state index is 11.7. The van der Waals surface area contributed by atoms with Crippen molar-refractivity contribution < 1.29 is 9.90 Å². The van der Waals surface area contributed by atoms with Crippen LogP contribution in [0.4, 0.5) is 0 Å². The van der Waals surface area contributed by atoms with E-state index < -0.39 is 5.72 Å². The number of benzene rings is 1. The van der Waals surface area contributed by atoms with E-state index in [1.807, 2.05) is 23.6 Å². The second-order valence-corrected chi connectivity index (χ2v) is 4.64. The number of hydrogen-bond donors (Lipinski definition) is 2. The lowest BCUT2D eigenvalue weighted by atomic mass is 10.0. The van der Waals surface area contributed by atoms with E-state index in [2.05, 4.69) is 5.32 Å². The summed E-state index contributed by atoms with van der Waals surface area (Å²) in [6.07, 6.45) is 0. The van der Waals surface area contributed by atoms with E-state index in [9.17, 15) is 9.90 Å². The molecule has 0 bridgehead atoms. The minimum Gasteiger partial charge on any atom is -0.363 e. The maximum atomic E-state index is 11.7. The molecule has 3 nitrogen and oxygen atoms in total. The van der Waals surface area contributed by atoms with E-state index in [-0.39, 0.29) is 5.91 Å². The van der Waals surface area contributed by atoms with Crippen LogP contribution in [0.3, 0.4) is 0 Å². The summed E-state index contributed by atoms with van der Waals surface area (Å²) in [5.74, 6) is -0.230. The molecule has 1 aromatic heterocycles. The van der Waals surface area contributed by atoms with Crippen LogP contribution >= 0.6 is 11.3 Å². The van der Waals surface area contributed by atoms with Crippen molar-refractivity contribution in [1.82, 2.24) is 5.32 Å². The molecule has 0 radical (unpaired) electrons. The molecule has 1 amide bonds. The molecule has 0 saturated heterocycles. The maximum Gasteiger partial charge on any atom is 0.254 e. The fourth-order valence-corrected chi connectivity index (χ4v) is 2.77. The number of aliphatic hydroxyl groups is 1. The number of thiophene rings is 1. The molecule has 16 heavy (non-hydrogen) atoms. The van der Waals surface area contributed by atoms with Gasteiger partial charge in [0.2, 0.25) is 5.72 Å². The lowest BCUT2D eigenvalue weighted by Crippen LogP contribution is -2.39. The van der Waals surface area contributed by atoms with Gasteiger partial charge in [-0.3, -0.25) is 4.79 Å². The first-order valence-electron chi connectivity index (χ1n) is 4.90. The molecule has 2 heterocycles. The van der Waals surface area contributed by atoms with Gasteiger partial charge in [0.25, 0.3) is 5.91 Å². The predicted octanol–water partition coefficient (Wildman–Crippen LogP) is 1.68. The highest BCUT2D eigenvalue weighted by Gasteiger charge is 2.43. The summed E-state index contributed by atoms with van der Waals surface area (Å²) < 4.78 is 0. The second kappa shape index (κ2) is 3.17. The smallest absolute Gasteiger partial charge is 0.254 e. The Bertz CT molecular complexity index is 550. The fraction of sp³-hybridized carbons (Fsp3) is 0.0833. The Morgan fingerprint density at radius 1 is 1.19 bits per heavy atom. The molecule has 0 saturated carbocycles. The van der Waals surface area contributed by atoms with Crippen LogP contribution < -0.4 is 5.32 Å². The molecular formula is C12H9NO2S. The molecular weight excluding hydrogens is 222 g/mol. The average molecular weight is 231 g/mol. The van der Waals surface area contributed by atoms with Crippen molar-refractivity contribution in [2.24, 2.45) is 0 Å². The first-order chi connectivity index (χ1) is 7.72. The average Bonchev–Trinajstić information content (AvgIpc) is 2.89. The lowest BCUT2D eigenvalue weighted by Gasteiger charge is -2.22. The van der Waals surface area contributed by atoms with Crippen molar-refractivity contribution in [1.29, 1.82) is 0 Å². The van der Waals surface area contributed by atoms with E-state index in [0.29, 0.717) is 11.1 Å². The minimum absolute atomic E-state index is 0.230. The van der Waals surface area contributed by atoms with Gasteiger partial charge in [-0.1, -0.05) is 24.3 Å². The molecule has 1 aliphatic rings. The Morgan fingerprint density at radius 2 is 2.00 bits per heavy atom. The van der Waals surface area contributed by atoms with Gasteiger partial charge in [0.15, 0.2) is 0 Å². The van der Waals surface area contributed by atoms with Gasteiger partial charge in [-0.15, -0.1) is 11.3 Å². The summed E-state index contributed by atoms with van der Waals surface area (Å²) in [7, 11) is 0. The van der Waals surface area contributed by atoms with Crippen molar-refractivity contribution in [2.45, 2.75) is 5.72 Å². The van der Waals surface area contributed by atoms with E-state index in [1.165, 1.54) is 11.3 Å². The number of hydrogen-bond acceptors (Lipinski definition) is 3. The summed E-state index contributed by atoms with van der Waals surface area (Å²) >= 11 is 1.42. The monoisotopic (exact) mass is 231 g/mol. The molecule has 1 atom stereocenters. The van der Waals surface area contributed by atoms with Crippen LogP contribution in [0.5, 0.6) is 0 Å². The van der Waals surface area contributed by atoms with Gasteiger partial charge in [0, 0.05) is 11.1 Å². The quantitative estimate of drug-likeness (QED) is 0.784. The van der Waals surface area contributed by atoms with Gasteiger partial charge < -0.3 is 10.4 Å². The van der Waals surface area contributed by atoms with Gasteiger partial charge in [-0.05, 0) is 17.5 Å². The van der Waals surface area contributed by atoms with Crippen molar-refractivity contribution in [3.05, 3.63) is 57.8 Å². The first kappa shape index (κ1) is 9.57. The Kier molecular flexibility index (Phi) is 1.89. The summed E-state index contributed by atoms with van der Waals surface area (Å²) in [6, 6.07) is 10.8. The molecule has 0 spiro atoms. The number of amides is 1. The van der Waals surface area contributed by atoms with Crippen LogP contribution in [-0.4, -0.2) is 11.0 Å². The van der Waals surface area contributed by atoms with Crippen molar-refractivity contribution >= 4 is 17.2 Å². The van der Waals surface area contributed by atoms with Crippen molar-refractivity contribution in [2.75, 3.05) is 0 Å². The molecule has 2 aromatic rings. The molecule has 2 N–H and O–H groups in total. The zero-order valence-corrected chi connectivity index (χ0v) is 9.12. The topological polar surface area (TPSA) is 49.3 Å². The van der Waals surface area contributed by atoms with E-state index in [4.69, 9.17) is 0 Å². The highest BCUT2D eigenvalue weighted by atomic mass is 32.1. The van der Waals surface area contributed by atoms with E-state index in [0.717, 1.165) is 4.88 Å². The third-order valence-electron chi connectivity index (χ3n) is 2.73. The molecule has 0 aliphatic carbocycles. The Morgan fingerprint density at radius 3 is 2.75 bits per heavy atom.